The molecule has 168 valence electrons. The van der Waals surface area contributed by atoms with Gasteiger partial charge in [-0.1, -0.05) is 24.3 Å². The Labute approximate surface area is 191 Å². The Kier molecular flexibility index (Phi) is 6.22. The first-order valence-corrected chi connectivity index (χ1v) is 10.6. The number of aromatic nitrogens is 1. The van der Waals surface area contributed by atoms with Crippen LogP contribution in [0.3, 0.4) is 0 Å². The smallest absolute Gasteiger partial charge is 0.295 e. The van der Waals surface area contributed by atoms with Crippen molar-refractivity contribution in [2.24, 2.45) is 0 Å². The molecular weight excluding hydrogens is 423 g/mol. The lowest BCUT2D eigenvalue weighted by atomic mass is 9.93. The number of aryl methyl sites for hydroxylation is 1. The molecule has 1 N–H and O–H groups in total. The maximum absolute atomic E-state index is 14.9. The summed E-state index contributed by atoms with van der Waals surface area (Å²) in [4.78, 5) is 31.5. The van der Waals surface area contributed by atoms with E-state index in [1.165, 1.54) is 23.1 Å². The molecule has 2 heterocycles. The lowest BCUT2D eigenvalue weighted by Crippen LogP contribution is -2.29. The van der Waals surface area contributed by atoms with Gasteiger partial charge in [-0.3, -0.25) is 14.6 Å². The van der Waals surface area contributed by atoms with Crippen molar-refractivity contribution < 1.29 is 23.8 Å². The molecule has 1 fully saturated rings. The summed E-state index contributed by atoms with van der Waals surface area (Å²) >= 11 is 0. The SMILES string of the molecule is CCOc1ccc(C(O)=C2C(=O)C(=O)N(Cc3cccnc3)C2c2ccccc2F)c(C)c1. The second-order valence-corrected chi connectivity index (χ2v) is 7.72. The van der Waals surface area contributed by atoms with E-state index in [2.05, 4.69) is 4.98 Å². The molecule has 0 radical (unpaired) electrons. The molecule has 1 aromatic heterocycles. The van der Waals surface area contributed by atoms with Gasteiger partial charge in [0, 0.05) is 30.1 Å². The van der Waals surface area contributed by atoms with E-state index in [9.17, 15) is 19.1 Å². The highest BCUT2D eigenvalue weighted by molar-refractivity contribution is 6.46. The number of carbonyl (C=O) groups excluding carboxylic acids is 2. The highest BCUT2D eigenvalue weighted by atomic mass is 19.1. The molecule has 0 bridgehead atoms. The number of hydrogen-bond donors (Lipinski definition) is 1. The van der Waals surface area contributed by atoms with Gasteiger partial charge >= 0.3 is 0 Å². The van der Waals surface area contributed by atoms with E-state index in [-0.39, 0.29) is 23.4 Å². The number of aliphatic hydroxyl groups is 1. The van der Waals surface area contributed by atoms with E-state index in [4.69, 9.17) is 4.74 Å². The van der Waals surface area contributed by atoms with Gasteiger partial charge in [0.1, 0.15) is 17.3 Å². The van der Waals surface area contributed by atoms with Gasteiger partial charge in [-0.25, -0.2) is 4.39 Å². The summed E-state index contributed by atoms with van der Waals surface area (Å²) in [5.41, 5.74) is 1.69. The molecule has 7 heteroatoms. The monoisotopic (exact) mass is 446 g/mol. The minimum Gasteiger partial charge on any atom is -0.507 e. The van der Waals surface area contributed by atoms with E-state index in [1.54, 1.807) is 55.7 Å². The molecule has 0 spiro atoms. The largest absolute Gasteiger partial charge is 0.507 e. The molecule has 4 rings (SSSR count). The number of rotatable bonds is 6. The van der Waals surface area contributed by atoms with Crippen LogP contribution >= 0.6 is 0 Å². The number of likely N-dealkylation sites (tertiary alicyclic amines) is 1. The maximum atomic E-state index is 14.9. The van der Waals surface area contributed by atoms with E-state index >= 15 is 0 Å². The Balaban J connectivity index is 1.87. The van der Waals surface area contributed by atoms with Crippen LogP contribution in [-0.2, 0) is 16.1 Å². The normalized spacial score (nSPS) is 17.4. The average Bonchev–Trinajstić information content (AvgIpc) is 3.05. The summed E-state index contributed by atoms with van der Waals surface area (Å²) in [6.45, 7) is 4.15. The van der Waals surface area contributed by atoms with E-state index < -0.39 is 23.5 Å². The predicted molar refractivity (Wildman–Crippen MR) is 121 cm³/mol. The molecule has 1 unspecified atom stereocenters. The first-order valence-electron chi connectivity index (χ1n) is 10.6. The fourth-order valence-electron chi connectivity index (χ4n) is 4.06. The Morgan fingerprint density at radius 1 is 1.15 bits per heavy atom. The molecule has 6 nitrogen and oxygen atoms in total. The van der Waals surface area contributed by atoms with Gasteiger partial charge in [-0.05, 0) is 55.3 Å². The van der Waals surface area contributed by atoms with Crippen LogP contribution in [-0.4, -0.2) is 33.3 Å². The van der Waals surface area contributed by atoms with Crippen molar-refractivity contribution in [3.05, 3.63) is 101 Å². The molecule has 3 aromatic rings. The third-order valence-electron chi connectivity index (χ3n) is 5.58. The van der Waals surface area contributed by atoms with Crippen LogP contribution in [0.5, 0.6) is 5.75 Å². The number of pyridine rings is 1. The van der Waals surface area contributed by atoms with Gasteiger partial charge in [-0.15, -0.1) is 0 Å². The second kappa shape index (κ2) is 9.24. The lowest BCUT2D eigenvalue weighted by molar-refractivity contribution is -0.140. The quantitative estimate of drug-likeness (QED) is 0.341. The van der Waals surface area contributed by atoms with Gasteiger partial charge in [-0.2, -0.15) is 0 Å². The van der Waals surface area contributed by atoms with Crippen molar-refractivity contribution in [2.45, 2.75) is 26.4 Å². The van der Waals surface area contributed by atoms with Crippen molar-refractivity contribution in [1.82, 2.24) is 9.88 Å². The zero-order valence-electron chi connectivity index (χ0n) is 18.3. The first-order chi connectivity index (χ1) is 15.9. The molecule has 1 atom stereocenters. The fourth-order valence-corrected chi connectivity index (χ4v) is 4.06. The molecule has 1 amide bonds. The van der Waals surface area contributed by atoms with Gasteiger partial charge < -0.3 is 14.7 Å². The van der Waals surface area contributed by atoms with Gasteiger partial charge in [0.2, 0.25) is 0 Å². The maximum Gasteiger partial charge on any atom is 0.295 e. The number of nitrogens with zero attached hydrogens (tertiary/aromatic N) is 2. The minimum absolute atomic E-state index is 0.0381. The molecule has 0 aliphatic carbocycles. The molecule has 1 aliphatic rings. The van der Waals surface area contributed by atoms with Crippen LogP contribution in [0.1, 0.15) is 35.2 Å². The Bertz CT molecular complexity index is 1240. The van der Waals surface area contributed by atoms with Gasteiger partial charge in [0.25, 0.3) is 11.7 Å². The number of ketones is 1. The Hall–Kier alpha value is -4.00. The molecule has 1 saturated heterocycles. The molecule has 1 aliphatic heterocycles. The van der Waals surface area contributed by atoms with Crippen molar-refractivity contribution in [3.63, 3.8) is 0 Å². The van der Waals surface area contributed by atoms with E-state index in [1.807, 2.05) is 6.92 Å². The van der Waals surface area contributed by atoms with Crippen molar-refractivity contribution in [1.29, 1.82) is 0 Å². The minimum atomic E-state index is -1.09. The third kappa shape index (κ3) is 4.22. The molecule has 2 aromatic carbocycles. The molecular formula is C26H23FN2O4. The fraction of sp³-hybridized carbons (Fsp3) is 0.192. The average molecular weight is 446 g/mol. The highest BCUT2D eigenvalue weighted by Gasteiger charge is 2.47. The zero-order valence-corrected chi connectivity index (χ0v) is 18.3. The standard InChI is InChI=1S/C26H23FN2O4/c1-3-33-18-10-11-19(16(2)13-18)24(30)22-23(20-8-4-5-9-21(20)27)29(26(32)25(22)31)15-17-7-6-12-28-14-17/h4-14,23,30H,3,15H2,1-2H3. The van der Waals surface area contributed by atoms with Crippen LogP contribution in [0.2, 0.25) is 0 Å². The summed E-state index contributed by atoms with van der Waals surface area (Å²) in [5.74, 6) is -1.98. The van der Waals surface area contributed by atoms with Crippen molar-refractivity contribution >= 4 is 17.4 Å². The second-order valence-electron chi connectivity index (χ2n) is 7.72. The van der Waals surface area contributed by atoms with Crippen LogP contribution in [0.25, 0.3) is 5.76 Å². The molecule has 0 saturated carbocycles. The van der Waals surface area contributed by atoms with Gasteiger partial charge in [0.05, 0.1) is 18.2 Å². The van der Waals surface area contributed by atoms with Crippen LogP contribution in [0.4, 0.5) is 4.39 Å². The van der Waals surface area contributed by atoms with Crippen molar-refractivity contribution in [2.75, 3.05) is 6.61 Å². The number of ether oxygens (including phenoxy) is 1. The number of amides is 1. The van der Waals surface area contributed by atoms with Gasteiger partial charge in [0.15, 0.2) is 0 Å². The number of carbonyl (C=O) groups is 2. The van der Waals surface area contributed by atoms with Crippen LogP contribution < -0.4 is 4.74 Å². The van der Waals surface area contributed by atoms with E-state index in [0.717, 1.165) is 0 Å². The number of halogens is 1. The summed E-state index contributed by atoms with van der Waals surface area (Å²) in [6, 6.07) is 13.4. The summed E-state index contributed by atoms with van der Waals surface area (Å²) < 4.78 is 20.4. The zero-order chi connectivity index (χ0) is 23.5. The Morgan fingerprint density at radius 2 is 1.94 bits per heavy atom. The van der Waals surface area contributed by atoms with Crippen molar-refractivity contribution in [3.8, 4) is 5.75 Å². The topological polar surface area (TPSA) is 79.7 Å². The highest BCUT2D eigenvalue weighted by Crippen LogP contribution is 2.41. The summed E-state index contributed by atoms with van der Waals surface area (Å²) in [7, 11) is 0. The summed E-state index contributed by atoms with van der Waals surface area (Å²) in [5, 5.41) is 11.2. The number of aliphatic hydroxyl groups excluding tert-OH is 1. The number of benzene rings is 2. The number of hydrogen-bond acceptors (Lipinski definition) is 5. The predicted octanol–water partition coefficient (Wildman–Crippen LogP) is 4.55. The molecule has 33 heavy (non-hydrogen) atoms. The third-order valence-corrected chi connectivity index (χ3v) is 5.58. The first kappa shape index (κ1) is 22.2. The Morgan fingerprint density at radius 3 is 2.61 bits per heavy atom. The summed E-state index contributed by atoms with van der Waals surface area (Å²) in [6.07, 6.45) is 3.18. The lowest BCUT2D eigenvalue weighted by Gasteiger charge is -2.25. The van der Waals surface area contributed by atoms with Crippen LogP contribution in [0.15, 0.2) is 72.6 Å². The van der Waals surface area contributed by atoms with Crippen LogP contribution in [0, 0.1) is 12.7 Å². The van der Waals surface area contributed by atoms with E-state index in [0.29, 0.717) is 29.0 Å². The number of Topliss-reactive ketones (excluding diaryl/α,β-unsaturated/α-hetero) is 1.